The first-order valence-electron chi connectivity index (χ1n) is 5.67. The molecule has 2 atom stereocenters. The summed E-state index contributed by atoms with van der Waals surface area (Å²) >= 11 is 3.50. The van der Waals surface area contributed by atoms with E-state index in [9.17, 15) is 5.11 Å². The highest BCUT2D eigenvalue weighted by Gasteiger charge is 2.11. The van der Waals surface area contributed by atoms with Gasteiger partial charge < -0.3 is 10.0 Å². The van der Waals surface area contributed by atoms with Gasteiger partial charge in [0.1, 0.15) is 0 Å². The average molecular weight is 286 g/mol. The zero-order chi connectivity index (χ0) is 12.3. The van der Waals surface area contributed by atoms with Crippen LogP contribution in [0.4, 0.5) is 5.69 Å². The third-order valence-corrected chi connectivity index (χ3v) is 3.78. The second kappa shape index (κ2) is 5.69. The molecule has 0 amide bonds. The van der Waals surface area contributed by atoms with Crippen LogP contribution in [0.25, 0.3) is 0 Å². The maximum atomic E-state index is 9.55. The number of anilines is 1. The summed E-state index contributed by atoms with van der Waals surface area (Å²) in [6.07, 6.45) is 0.684. The molecule has 0 radical (unpaired) electrons. The monoisotopic (exact) mass is 285 g/mol. The van der Waals surface area contributed by atoms with E-state index >= 15 is 0 Å². The molecule has 0 saturated heterocycles. The summed E-state index contributed by atoms with van der Waals surface area (Å²) in [6, 6.07) is 6.61. The van der Waals surface area contributed by atoms with Crippen molar-refractivity contribution in [2.75, 3.05) is 11.9 Å². The van der Waals surface area contributed by atoms with E-state index in [1.807, 2.05) is 6.07 Å². The molecule has 3 heteroatoms. The molecule has 1 rings (SSSR count). The molecular formula is C13H20BrNO. The van der Waals surface area contributed by atoms with Gasteiger partial charge in [0, 0.05) is 23.2 Å². The van der Waals surface area contributed by atoms with Crippen LogP contribution in [0, 0.1) is 0 Å². The number of hydrogen-bond donors (Lipinski definition) is 1. The minimum absolute atomic E-state index is 0.433. The maximum Gasteiger partial charge on any atom is 0.0772 e. The van der Waals surface area contributed by atoms with E-state index in [2.05, 4.69) is 53.9 Å². The number of nitrogens with zero attached hydrogens (tertiary/aromatic N) is 1. The van der Waals surface area contributed by atoms with Crippen LogP contribution in [0.5, 0.6) is 0 Å². The zero-order valence-electron chi connectivity index (χ0n) is 10.4. The molecule has 0 spiro atoms. The van der Waals surface area contributed by atoms with E-state index in [1.54, 1.807) is 6.92 Å². The highest BCUT2D eigenvalue weighted by molar-refractivity contribution is 9.10. The zero-order valence-corrected chi connectivity index (χ0v) is 12.0. The van der Waals surface area contributed by atoms with E-state index in [0.717, 1.165) is 16.5 Å². The largest absolute Gasteiger partial charge is 0.389 e. The fraction of sp³-hybridized carbons (Fsp3) is 0.538. The van der Waals surface area contributed by atoms with Crippen molar-refractivity contribution in [3.05, 3.63) is 28.2 Å². The van der Waals surface area contributed by atoms with Crippen LogP contribution in [0.3, 0.4) is 0 Å². The summed E-state index contributed by atoms with van der Waals surface area (Å²) in [7, 11) is 2.10. The van der Waals surface area contributed by atoms with E-state index in [1.165, 1.54) is 5.69 Å². The van der Waals surface area contributed by atoms with Crippen molar-refractivity contribution in [1.82, 2.24) is 0 Å². The van der Waals surface area contributed by atoms with Crippen molar-refractivity contribution in [2.45, 2.75) is 39.3 Å². The predicted molar refractivity (Wildman–Crippen MR) is 72.9 cm³/mol. The van der Waals surface area contributed by atoms with Crippen molar-refractivity contribution in [1.29, 1.82) is 0 Å². The van der Waals surface area contributed by atoms with Crippen LogP contribution >= 0.6 is 15.9 Å². The lowest BCUT2D eigenvalue weighted by molar-refractivity contribution is 0.198. The molecule has 1 aromatic carbocycles. The van der Waals surface area contributed by atoms with Crippen molar-refractivity contribution >= 4 is 21.6 Å². The fourth-order valence-corrected chi connectivity index (χ4v) is 2.30. The van der Waals surface area contributed by atoms with Gasteiger partial charge in [-0.1, -0.05) is 28.9 Å². The Morgan fingerprint density at radius 2 is 2.00 bits per heavy atom. The number of aliphatic hydroxyl groups excluding tert-OH is 1. The Morgan fingerprint density at radius 3 is 2.44 bits per heavy atom. The molecule has 0 aliphatic rings. The molecule has 2 nitrogen and oxygen atoms in total. The SMILES string of the molecule is CCC(C)N(C)c1ccc([C@@H](C)O)c(Br)c1. The summed E-state index contributed by atoms with van der Waals surface area (Å²) in [4.78, 5) is 2.25. The molecular weight excluding hydrogens is 266 g/mol. The lowest BCUT2D eigenvalue weighted by Gasteiger charge is -2.26. The van der Waals surface area contributed by atoms with Gasteiger partial charge in [-0.3, -0.25) is 0 Å². The Balaban J connectivity index is 2.97. The van der Waals surface area contributed by atoms with E-state index < -0.39 is 6.10 Å². The van der Waals surface area contributed by atoms with Crippen molar-refractivity contribution in [3.63, 3.8) is 0 Å². The molecule has 0 saturated carbocycles. The van der Waals surface area contributed by atoms with E-state index in [4.69, 9.17) is 0 Å². The third kappa shape index (κ3) is 2.98. The summed E-state index contributed by atoms with van der Waals surface area (Å²) in [5.41, 5.74) is 2.10. The van der Waals surface area contributed by atoms with Crippen LogP contribution in [0.1, 0.15) is 38.9 Å². The fourth-order valence-electron chi connectivity index (χ4n) is 1.60. The van der Waals surface area contributed by atoms with E-state index in [-0.39, 0.29) is 0 Å². The molecule has 1 N–H and O–H groups in total. The first kappa shape index (κ1) is 13.5. The normalized spacial score (nSPS) is 14.6. The minimum atomic E-state index is -0.433. The van der Waals surface area contributed by atoms with Crippen molar-refractivity contribution < 1.29 is 5.11 Å². The molecule has 0 aliphatic heterocycles. The standard InChI is InChI=1S/C13H20BrNO/c1-5-9(2)15(4)11-6-7-12(10(3)16)13(14)8-11/h6-10,16H,5H2,1-4H3/t9?,10-/m1/s1. The van der Waals surface area contributed by atoms with Crippen molar-refractivity contribution in [2.24, 2.45) is 0 Å². The Bertz CT molecular complexity index is 352. The highest BCUT2D eigenvalue weighted by Crippen LogP contribution is 2.28. The molecule has 90 valence electrons. The average Bonchev–Trinajstić information content (AvgIpc) is 2.26. The maximum absolute atomic E-state index is 9.55. The van der Waals surface area contributed by atoms with Crippen LogP contribution in [0.2, 0.25) is 0 Å². The molecule has 0 fully saturated rings. The molecule has 0 heterocycles. The molecule has 1 unspecified atom stereocenters. The van der Waals surface area contributed by atoms with Gasteiger partial charge in [0.15, 0.2) is 0 Å². The topological polar surface area (TPSA) is 23.5 Å². The third-order valence-electron chi connectivity index (χ3n) is 3.09. The lowest BCUT2D eigenvalue weighted by atomic mass is 10.1. The molecule has 0 aromatic heterocycles. The Labute approximate surface area is 106 Å². The van der Waals surface area contributed by atoms with Crippen LogP contribution in [-0.2, 0) is 0 Å². The molecule has 0 aliphatic carbocycles. The Hall–Kier alpha value is -0.540. The molecule has 0 bridgehead atoms. The van der Waals surface area contributed by atoms with E-state index in [0.29, 0.717) is 6.04 Å². The van der Waals surface area contributed by atoms with Crippen LogP contribution < -0.4 is 4.90 Å². The molecule has 1 aromatic rings. The Kier molecular flexibility index (Phi) is 4.81. The summed E-state index contributed by atoms with van der Waals surface area (Å²) in [5.74, 6) is 0. The summed E-state index contributed by atoms with van der Waals surface area (Å²) < 4.78 is 0.968. The highest BCUT2D eigenvalue weighted by atomic mass is 79.9. The van der Waals surface area contributed by atoms with Gasteiger partial charge in [-0.25, -0.2) is 0 Å². The van der Waals surface area contributed by atoms with Gasteiger partial charge >= 0.3 is 0 Å². The van der Waals surface area contributed by atoms with Gasteiger partial charge in [-0.15, -0.1) is 0 Å². The smallest absolute Gasteiger partial charge is 0.0772 e. The minimum Gasteiger partial charge on any atom is -0.389 e. The predicted octanol–water partition coefficient (Wildman–Crippen LogP) is 3.74. The van der Waals surface area contributed by atoms with Gasteiger partial charge in [-0.2, -0.15) is 0 Å². The van der Waals surface area contributed by atoms with Gasteiger partial charge in [0.05, 0.1) is 6.10 Å². The number of aliphatic hydroxyl groups is 1. The first-order valence-corrected chi connectivity index (χ1v) is 6.47. The second-order valence-electron chi connectivity index (χ2n) is 4.25. The number of rotatable bonds is 4. The van der Waals surface area contributed by atoms with Crippen LogP contribution in [0.15, 0.2) is 22.7 Å². The second-order valence-corrected chi connectivity index (χ2v) is 5.10. The summed E-state index contributed by atoms with van der Waals surface area (Å²) in [5, 5.41) is 9.55. The van der Waals surface area contributed by atoms with Gasteiger partial charge in [0.25, 0.3) is 0 Å². The number of benzene rings is 1. The number of halogens is 1. The first-order chi connectivity index (χ1) is 7.47. The summed E-state index contributed by atoms with van der Waals surface area (Å²) in [6.45, 7) is 6.16. The van der Waals surface area contributed by atoms with Crippen LogP contribution in [-0.4, -0.2) is 18.2 Å². The number of hydrogen-bond acceptors (Lipinski definition) is 2. The van der Waals surface area contributed by atoms with Gasteiger partial charge in [0.2, 0.25) is 0 Å². The molecule has 16 heavy (non-hydrogen) atoms. The Morgan fingerprint density at radius 1 is 1.38 bits per heavy atom. The van der Waals surface area contributed by atoms with Gasteiger partial charge in [-0.05, 0) is 38.0 Å². The quantitative estimate of drug-likeness (QED) is 0.911. The van der Waals surface area contributed by atoms with Crippen molar-refractivity contribution in [3.8, 4) is 0 Å². The lowest BCUT2D eigenvalue weighted by Crippen LogP contribution is -2.27.